The number of ether oxygens (including phenoxy) is 3. The Labute approximate surface area is 205 Å². The van der Waals surface area contributed by atoms with Crippen molar-refractivity contribution < 1.29 is 37.0 Å². The summed E-state index contributed by atoms with van der Waals surface area (Å²) in [4.78, 5) is 25.2. The van der Waals surface area contributed by atoms with E-state index in [0.717, 1.165) is 6.92 Å². The first-order valence-electron chi connectivity index (χ1n) is 11.7. The highest BCUT2D eigenvalue weighted by atomic mass is 35.5. The predicted molar refractivity (Wildman–Crippen MR) is 118 cm³/mol. The number of hydrogen-bond donors (Lipinski definition) is 0. The van der Waals surface area contributed by atoms with Gasteiger partial charge in [-0.15, -0.1) is 10.2 Å². The van der Waals surface area contributed by atoms with E-state index in [9.17, 15) is 18.4 Å². The van der Waals surface area contributed by atoms with Crippen LogP contribution < -0.4 is 4.74 Å². The number of benzene rings is 1. The number of carbonyl (C=O) groups excluding carboxylic acids is 2. The molecule has 0 radical (unpaired) electrons. The van der Waals surface area contributed by atoms with Gasteiger partial charge in [-0.05, 0) is 49.8 Å². The molecule has 11 heteroatoms. The van der Waals surface area contributed by atoms with Crippen molar-refractivity contribution in [1.29, 1.82) is 0 Å². The molecule has 1 saturated carbocycles. The van der Waals surface area contributed by atoms with Crippen LogP contribution in [0.3, 0.4) is 0 Å². The maximum atomic E-state index is 12.9. The first-order valence-corrected chi connectivity index (χ1v) is 12.0. The lowest BCUT2D eigenvalue weighted by Gasteiger charge is -2.34. The molecule has 2 aliphatic heterocycles. The second-order valence-corrected chi connectivity index (χ2v) is 9.94. The van der Waals surface area contributed by atoms with Gasteiger partial charge in [0.05, 0.1) is 24.7 Å². The number of alkyl halides is 2. The Morgan fingerprint density at radius 1 is 1.23 bits per heavy atom. The van der Waals surface area contributed by atoms with Gasteiger partial charge in [-0.3, -0.25) is 9.59 Å². The smallest absolute Gasteiger partial charge is 0.353 e. The number of halogens is 3. The van der Waals surface area contributed by atoms with E-state index in [4.69, 9.17) is 25.5 Å². The van der Waals surface area contributed by atoms with Gasteiger partial charge >= 0.3 is 6.11 Å². The lowest BCUT2D eigenvalue weighted by atomic mass is 9.82. The largest absolute Gasteiger partial charge is 0.481 e. The van der Waals surface area contributed by atoms with Crippen LogP contribution in [-0.2, 0) is 14.3 Å². The Balaban J connectivity index is 1.09. The molecule has 0 unspecified atom stereocenters. The molecule has 1 saturated heterocycles. The third-order valence-corrected chi connectivity index (χ3v) is 6.89. The number of carbonyl (C=O) groups is 2. The second-order valence-electron chi connectivity index (χ2n) is 9.50. The van der Waals surface area contributed by atoms with E-state index in [0.29, 0.717) is 60.4 Å². The van der Waals surface area contributed by atoms with Gasteiger partial charge in [-0.1, -0.05) is 11.6 Å². The highest BCUT2D eigenvalue weighted by molar-refractivity contribution is 6.31. The normalized spacial score (nSPS) is 28.7. The first kappa shape index (κ1) is 24.3. The molecule has 2 aromatic rings. The molecule has 35 heavy (non-hydrogen) atoms. The van der Waals surface area contributed by atoms with Gasteiger partial charge in [0.1, 0.15) is 11.9 Å². The van der Waals surface area contributed by atoms with Crippen LogP contribution in [0.15, 0.2) is 22.6 Å². The zero-order valence-electron chi connectivity index (χ0n) is 19.0. The van der Waals surface area contributed by atoms with Gasteiger partial charge in [0.15, 0.2) is 17.7 Å². The summed E-state index contributed by atoms with van der Waals surface area (Å²) in [7, 11) is 0. The van der Waals surface area contributed by atoms with Crippen molar-refractivity contribution in [2.45, 2.75) is 75.8 Å². The van der Waals surface area contributed by atoms with Crippen LogP contribution in [0.2, 0.25) is 5.02 Å². The minimum atomic E-state index is -3.15. The van der Waals surface area contributed by atoms with Gasteiger partial charge in [0.25, 0.3) is 0 Å². The quantitative estimate of drug-likeness (QED) is 0.509. The zero-order valence-corrected chi connectivity index (χ0v) is 19.8. The molecule has 0 N–H and O–H groups in total. The molecule has 1 aromatic carbocycles. The van der Waals surface area contributed by atoms with Gasteiger partial charge in [0, 0.05) is 24.3 Å². The van der Waals surface area contributed by atoms with Crippen LogP contribution >= 0.6 is 11.6 Å². The topological polar surface area (TPSA) is 101 Å². The Hall–Kier alpha value is -2.43. The van der Waals surface area contributed by atoms with E-state index in [1.165, 1.54) is 0 Å². The van der Waals surface area contributed by atoms with Crippen LogP contribution in [0, 0.1) is 5.92 Å². The molecule has 0 spiro atoms. The van der Waals surface area contributed by atoms with Crippen molar-refractivity contribution in [2.75, 3.05) is 6.61 Å². The summed E-state index contributed by atoms with van der Waals surface area (Å²) in [6.07, 6.45) is -2.49. The number of Topliss-reactive ketones (excluding diaryl/α,β-unsaturated/α-hetero) is 2. The number of nitrogens with zero attached hydrogens (tertiary/aromatic N) is 2. The van der Waals surface area contributed by atoms with Crippen LogP contribution in [0.1, 0.15) is 79.6 Å². The van der Waals surface area contributed by atoms with E-state index in [-0.39, 0.29) is 42.3 Å². The molecule has 3 aliphatic rings. The molecule has 1 aliphatic carbocycles. The molecular weight excluding hydrogens is 486 g/mol. The van der Waals surface area contributed by atoms with Crippen LogP contribution in [0.5, 0.6) is 5.75 Å². The fraction of sp³-hybridized carbons (Fsp3) is 0.583. The number of rotatable bonds is 7. The van der Waals surface area contributed by atoms with Crippen LogP contribution in [0.4, 0.5) is 8.78 Å². The van der Waals surface area contributed by atoms with Gasteiger partial charge < -0.3 is 18.6 Å². The Morgan fingerprint density at radius 3 is 2.71 bits per heavy atom. The maximum absolute atomic E-state index is 12.9. The molecule has 0 bridgehead atoms. The fourth-order valence-electron chi connectivity index (χ4n) is 4.75. The summed E-state index contributed by atoms with van der Waals surface area (Å²) < 4.78 is 47.9. The van der Waals surface area contributed by atoms with Gasteiger partial charge in [-0.2, -0.15) is 8.78 Å². The molecule has 8 nitrogen and oxygen atoms in total. The van der Waals surface area contributed by atoms with E-state index in [1.807, 2.05) is 0 Å². The molecule has 5 rings (SSSR count). The maximum Gasteiger partial charge on any atom is 0.353 e. The van der Waals surface area contributed by atoms with Crippen molar-refractivity contribution in [3.63, 3.8) is 0 Å². The van der Waals surface area contributed by atoms with E-state index in [2.05, 4.69) is 14.9 Å². The minimum Gasteiger partial charge on any atom is -0.481 e. The number of hydrogen-bond acceptors (Lipinski definition) is 8. The highest BCUT2D eigenvalue weighted by Crippen LogP contribution is 2.41. The molecular formula is C24H25ClF2N2O6. The molecule has 2 fully saturated rings. The molecule has 3 atom stereocenters. The van der Waals surface area contributed by atoms with Crippen molar-refractivity contribution in [3.8, 4) is 5.75 Å². The monoisotopic (exact) mass is 510 g/mol. The Morgan fingerprint density at radius 2 is 2.00 bits per heavy atom. The summed E-state index contributed by atoms with van der Waals surface area (Å²) in [6, 6.07) is 4.79. The summed E-state index contributed by atoms with van der Waals surface area (Å²) in [5.41, 5.74) is 0.401. The highest BCUT2D eigenvalue weighted by Gasteiger charge is 2.40. The summed E-state index contributed by atoms with van der Waals surface area (Å²) in [5, 5.41) is 8.57. The van der Waals surface area contributed by atoms with E-state index in [1.54, 1.807) is 18.2 Å². The zero-order chi connectivity index (χ0) is 24.7. The van der Waals surface area contributed by atoms with Crippen molar-refractivity contribution in [2.24, 2.45) is 5.92 Å². The Bertz CT molecular complexity index is 1110. The SMILES string of the molecule is CC(F)(F)OC1CC(c2nnc([C@@H]3CC[C@@H](CC(=O)[C@@H]4CC(=O)c5cc(Cl)ccc5O4)CO3)o2)C1. The van der Waals surface area contributed by atoms with Crippen LogP contribution in [0.25, 0.3) is 0 Å². The first-order chi connectivity index (χ1) is 16.6. The minimum absolute atomic E-state index is 0.00387. The fourth-order valence-corrected chi connectivity index (χ4v) is 4.92. The van der Waals surface area contributed by atoms with Gasteiger partial charge in [-0.25, -0.2) is 0 Å². The molecule has 188 valence electrons. The van der Waals surface area contributed by atoms with E-state index >= 15 is 0 Å². The lowest BCUT2D eigenvalue weighted by molar-refractivity contribution is -0.265. The molecule has 1 aromatic heterocycles. The number of fused-ring (bicyclic) bond motifs is 1. The lowest BCUT2D eigenvalue weighted by Crippen LogP contribution is -2.36. The van der Waals surface area contributed by atoms with Crippen molar-refractivity contribution >= 4 is 23.2 Å². The van der Waals surface area contributed by atoms with Crippen molar-refractivity contribution in [3.05, 3.63) is 40.6 Å². The summed E-state index contributed by atoms with van der Waals surface area (Å²) >= 11 is 5.95. The summed E-state index contributed by atoms with van der Waals surface area (Å²) in [5.74, 6) is 0.734. The van der Waals surface area contributed by atoms with E-state index < -0.39 is 18.3 Å². The summed E-state index contributed by atoms with van der Waals surface area (Å²) in [6.45, 7) is 1.06. The molecule has 0 amide bonds. The molecule has 3 heterocycles. The third kappa shape index (κ3) is 5.54. The standard InChI is InChI=1S/C24H25ClF2N2O6/c1-24(26,27)35-15-7-13(8-15)22-28-29-23(34-22)20-4-2-12(11-32-20)6-18(31)21-10-17(30)16-9-14(25)3-5-19(16)33-21/h3,5,9,12-13,15,20-21H,2,4,6-8,10-11H2,1H3/t12-,13?,15?,20-,21-/m0/s1. The third-order valence-electron chi connectivity index (χ3n) is 6.65. The Kier molecular flexibility index (Phi) is 6.63. The van der Waals surface area contributed by atoms with Gasteiger partial charge in [0.2, 0.25) is 11.8 Å². The number of ketones is 2. The van der Waals surface area contributed by atoms with Crippen molar-refractivity contribution in [1.82, 2.24) is 10.2 Å². The van der Waals surface area contributed by atoms with Crippen LogP contribution in [-0.4, -0.2) is 46.7 Å². The predicted octanol–water partition coefficient (Wildman–Crippen LogP) is 5.06. The number of aromatic nitrogens is 2. The average Bonchev–Trinajstić information content (AvgIpc) is 3.26. The second kappa shape index (κ2) is 9.55. The average molecular weight is 511 g/mol.